The predicted molar refractivity (Wildman–Crippen MR) is 107 cm³/mol. The molecule has 0 aromatic heterocycles. The molecule has 0 bridgehead atoms. The standard InChI is InChI=1S/C22H19BN2O3/c23-15-8-11-18-17(12-15)20(26)19(22(28)25-18)21(27)24-16-9-6-14(7-10-16)13-4-2-1-3-5-13/h1-6,8-12,14,17-18,26H,7H2,(H,24,27)(H,25,28). The third-order valence-electron chi connectivity index (χ3n) is 5.16. The monoisotopic (exact) mass is 370 g/mol. The van der Waals surface area contributed by atoms with Crippen molar-refractivity contribution in [2.45, 2.75) is 18.4 Å². The first-order valence-corrected chi connectivity index (χ1v) is 9.17. The minimum Gasteiger partial charge on any atom is -0.511 e. The van der Waals surface area contributed by atoms with Crippen molar-refractivity contribution < 1.29 is 14.7 Å². The molecule has 1 aliphatic heterocycles. The van der Waals surface area contributed by atoms with Crippen LogP contribution in [0.2, 0.25) is 0 Å². The van der Waals surface area contributed by atoms with E-state index in [0.717, 1.165) is 6.42 Å². The lowest BCUT2D eigenvalue weighted by atomic mass is 9.79. The Hall–Kier alpha value is -3.28. The molecule has 0 fully saturated rings. The summed E-state index contributed by atoms with van der Waals surface area (Å²) in [5, 5.41) is 16.0. The molecule has 3 unspecified atom stereocenters. The van der Waals surface area contributed by atoms with Crippen molar-refractivity contribution in [2.75, 3.05) is 0 Å². The zero-order chi connectivity index (χ0) is 19.7. The van der Waals surface area contributed by atoms with Gasteiger partial charge in [0.25, 0.3) is 11.8 Å². The van der Waals surface area contributed by atoms with Crippen LogP contribution in [-0.4, -0.2) is 30.8 Å². The van der Waals surface area contributed by atoms with Gasteiger partial charge in [-0.3, -0.25) is 9.59 Å². The van der Waals surface area contributed by atoms with Crippen LogP contribution in [0.25, 0.3) is 0 Å². The summed E-state index contributed by atoms with van der Waals surface area (Å²) in [4.78, 5) is 25.0. The molecule has 28 heavy (non-hydrogen) atoms. The molecule has 5 nitrogen and oxygen atoms in total. The van der Waals surface area contributed by atoms with Crippen molar-refractivity contribution in [3.63, 3.8) is 0 Å². The normalized spacial score (nSPS) is 26.1. The predicted octanol–water partition coefficient (Wildman–Crippen LogP) is 2.28. The van der Waals surface area contributed by atoms with Gasteiger partial charge in [0.05, 0.1) is 12.0 Å². The van der Waals surface area contributed by atoms with Crippen LogP contribution in [0.5, 0.6) is 0 Å². The smallest absolute Gasteiger partial charge is 0.264 e. The summed E-state index contributed by atoms with van der Waals surface area (Å²) in [5.41, 5.74) is 2.01. The van der Waals surface area contributed by atoms with Crippen LogP contribution in [-0.2, 0) is 9.59 Å². The van der Waals surface area contributed by atoms with E-state index in [2.05, 4.69) is 22.8 Å². The minimum absolute atomic E-state index is 0.246. The number of hydrogen-bond donors (Lipinski definition) is 3. The Kier molecular flexibility index (Phi) is 4.78. The molecule has 6 heteroatoms. The highest BCUT2D eigenvalue weighted by molar-refractivity contribution is 6.24. The third-order valence-corrected chi connectivity index (χ3v) is 5.16. The molecule has 2 amide bonds. The Morgan fingerprint density at radius 3 is 2.68 bits per heavy atom. The van der Waals surface area contributed by atoms with Crippen molar-refractivity contribution in [3.8, 4) is 0 Å². The van der Waals surface area contributed by atoms with E-state index in [-0.39, 0.29) is 17.3 Å². The minimum atomic E-state index is -0.635. The Bertz CT molecular complexity index is 973. The van der Waals surface area contributed by atoms with E-state index in [1.807, 2.05) is 36.4 Å². The fraction of sp³-hybridized carbons (Fsp3) is 0.182. The average molecular weight is 370 g/mol. The van der Waals surface area contributed by atoms with E-state index in [0.29, 0.717) is 11.2 Å². The summed E-state index contributed by atoms with van der Waals surface area (Å²) in [7, 11) is 5.78. The molecule has 0 saturated heterocycles. The molecule has 2 aliphatic carbocycles. The van der Waals surface area contributed by atoms with Gasteiger partial charge in [-0.15, -0.1) is 5.47 Å². The topological polar surface area (TPSA) is 78.4 Å². The molecule has 138 valence electrons. The Balaban J connectivity index is 1.49. The van der Waals surface area contributed by atoms with E-state index in [1.165, 1.54) is 5.56 Å². The lowest BCUT2D eigenvalue weighted by Gasteiger charge is -2.31. The maximum absolute atomic E-state index is 12.7. The molecule has 1 heterocycles. The van der Waals surface area contributed by atoms with Gasteiger partial charge in [0.2, 0.25) is 0 Å². The first kappa shape index (κ1) is 18.1. The largest absolute Gasteiger partial charge is 0.511 e. The van der Waals surface area contributed by atoms with Gasteiger partial charge < -0.3 is 15.7 Å². The number of fused-ring (bicyclic) bond motifs is 1. The number of aliphatic hydroxyl groups excluding tert-OH is 1. The fourth-order valence-corrected chi connectivity index (χ4v) is 3.67. The molecule has 3 atom stereocenters. The molecule has 0 spiro atoms. The van der Waals surface area contributed by atoms with Gasteiger partial charge in [-0.1, -0.05) is 60.7 Å². The van der Waals surface area contributed by atoms with Crippen LogP contribution in [0.1, 0.15) is 17.9 Å². The Labute approximate surface area is 164 Å². The van der Waals surface area contributed by atoms with Gasteiger partial charge in [0.1, 0.15) is 19.2 Å². The number of rotatable bonds is 3. The van der Waals surface area contributed by atoms with Crippen LogP contribution < -0.4 is 10.6 Å². The van der Waals surface area contributed by atoms with E-state index < -0.39 is 23.8 Å². The first-order valence-electron chi connectivity index (χ1n) is 9.17. The van der Waals surface area contributed by atoms with Crippen molar-refractivity contribution in [2.24, 2.45) is 5.92 Å². The van der Waals surface area contributed by atoms with E-state index in [1.54, 1.807) is 18.2 Å². The number of benzene rings is 1. The van der Waals surface area contributed by atoms with E-state index >= 15 is 0 Å². The maximum Gasteiger partial charge on any atom is 0.264 e. The van der Waals surface area contributed by atoms with Crippen LogP contribution in [0, 0.1) is 5.92 Å². The number of allylic oxidation sites excluding steroid dienone is 5. The molecular weight excluding hydrogens is 351 g/mol. The highest BCUT2D eigenvalue weighted by atomic mass is 16.3. The van der Waals surface area contributed by atoms with Gasteiger partial charge in [-0.2, -0.15) is 0 Å². The number of nitrogens with one attached hydrogen (secondary N) is 2. The lowest BCUT2D eigenvalue weighted by molar-refractivity contribution is -0.124. The number of aliphatic hydroxyl groups is 1. The second-order valence-electron chi connectivity index (χ2n) is 7.04. The molecule has 1 aromatic rings. The van der Waals surface area contributed by atoms with Crippen LogP contribution in [0.3, 0.4) is 0 Å². The Morgan fingerprint density at radius 1 is 1.18 bits per heavy atom. The molecular formula is C22H19BN2O3. The van der Waals surface area contributed by atoms with Crippen LogP contribution in [0.15, 0.2) is 89.3 Å². The summed E-state index contributed by atoms with van der Waals surface area (Å²) in [6, 6.07) is 9.69. The molecule has 1 aromatic carbocycles. The highest BCUT2D eigenvalue weighted by Gasteiger charge is 2.37. The van der Waals surface area contributed by atoms with Crippen molar-refractivity contribution in [1.82, 2.24) is 10.6 Å². The number of carbonyl (C=O) groups excluding carboxylic acids is 2. The summed E-state index contributed by atoms with van der Waals surface area (Å²) in [5.74, 6) is -1.79. The van der Waals surface area contributed by atoms with E-state index in [9.17, 15) is 14.7 Å². The molecule has 3 aliphatic rings. The zero-order valence-electron chi connectivity index (χ0n) is 15.1. The summed E-state index contributed by atoms with van der Waals surface area (Å²) in [6.45, 7) is 0. The number of carbonyl (C=O) groups is 2. The fourth-order valence-electron chi connectivity index (χ4n) is 3.67. The third kappa shape index (κ3) is 3.45. The average Bonchev–Trinajstić information content (AvgIpc) is 2.70. The van der Waals surface area contributed by atoms with Crippen LogP contribution >= 0.6 is 0 Å². The first-order chi connectivity index (χ1) is 13.5. The molecule has 4 rings (SSSR count). The zero-order valence-corrected chi connectivity index (χ0v) is 15.1. The summed E-state index contributed by atoms with van der Waals surface area (Å²) < 4.78 is 0. The molecule has 0 saturated carbocycles. The molecule has 3 N–H and O–H groups in total. The van der Waals surface area contributed by atoms with Crippen molar-refractivity contribution in [3.05, 3.63) is 94.9 Å². The summed E-state index contributed by atoms with van der Waals surface area (Å²) >= 11 is 0. The second kappa shape index (κ2) is 7.39. The lowest BCUT2D eigenvalue weighted by Crippen LogP contribution is -2.49. The quantitative estimate of drug-likeness (QED) is 0.564. The number of amides is 2. The van der Waals surface area contributed by atoms with Gasteiger partial charge in [0.15, 0.2) is 0 Å². The highest BCUT2D eigenvalue weighted by Crippen LogP contribution is 2.29. The van der Waals surface area contributed by atoms with Gasteiger partial charge in [0, 0.05) is 11.6 Å². The van der Waals surface area contributed by atoms with Gasteiger partial charge in [-0.05, 0) is 18.1 Å². The van der Waals surface area contributed by atoms with Gasteiger partial charge in [-0.25, -0.2) is 0 Å². The SMILES string of the molecule is [B]C1=CC2C(O)=C(C(=O)NC3=CCC(c4ccccc4)C=C3)C(=O)NC2C=C1. The second-order valence-corrected chi connectivity index (χ2v) is 7.04. The summed E-state index contributed by atoms with van der Waals surface area (Å²) in [6.07, 6.45) is 11.5. The van der Waals surface area contributed by atoms with Crippen LogP contribution in [0.4, 0.5) is 0 Å². The molecule has 2 radical (unpaired) electrons. The Morgan fingerprint density at radius 2 is 1.96 bits per heavy atom. The maximum atomic E-state index is 12.7. The van der Waals surface area contributed by atoms with Gasteiger partial charge >= 0.3 is 0 Å². The van der Waals surface area contributed by atoms with Crippen molar-refractivity contribution >= 4 is 19.7 Å². The van der Waals surface area contributed by atoms with E-state index in [4.69, 9.17) is 7.85 Å². The van der Waals surface area contributed by atoms with Crippen molar-refractivity contribution in [1.29, 1.82) is 0 Å². The number of hydrogen-bond acceptors (Lipinski definition) is 3.